The van der Waals surface area contributed by atoms with Gasteiger partial charge in [0.25, 0.3) is 5.91 Å². The maximum Gasteiger partial charge on any atom is 0.350 e. The molecule has 1 aliphatic rings. The Balaban J connectivity index is 1.77. The van der Waals surface area contributed by atoms with Gasteiger partial charge in [0.1, 0.15) is 10.5 Å². The first-order chi connectivity index (χ1) is 16.3. The maximum absolute atomic E-state index is 13.7. The Kier molecular flexibility index (Phi) is 5.32. The lowest BCUT2D eigenvalue weighted by molar-refractivity contribution is 0.0605. The Labute approximate surface area is 199 Å². The van der Waals surface area contributed by atoms with Crippen molar-refractivity contribution in [3.05, 3.63) is 91.3 Å². The molecule has 0 spiro atoms. The fraction of sp³-hybridized carbons (Fsp3) is 0.231. The van der Waals surface area contributed by atoms with Gasteiger partial charge in [-0.2, -0.15) is 0 Å². The zero-order valence-corrected chi connectivity index (χ0v) is 20.0. The SMILES string of the molecule is CCc1ccc(C2c3c(oc4ccc(C)cc4c3=O)C(=O)N2c2nc(C)c(C(=O)OC)s2)cc1. The topological polar surface area (TPSA) is 89.7 Å². The molecule has 0 bridgehead atoms. The van der Waals surface area contributed by atoms with E-state index in [2.05, 4.69) is 11.9 Å². The molecule has 1 amide bonds. The lowest BCUT2D eigenvalue weighted by Crippen LogP contribution is -2.29. The fourth-order valence-electron chi connectivity index (χ4n) is 4.30. The molecule has 1 aliphatic heterocycles. The number of hydrogen-bond acceptors (Lipinski definition) is 7. The fourth-order valence-corrected chi connectivity index (χ4v) is 5.31. The van der Waals surface area contributed by atoms with Crippen LogP contribution in [0.1, 0.15) is 61.1 Å². The van der Waals surface area contributed by atoms with Gasteiger partial charge in [0.2, 0.25) is 5.76 Å². The number of rotatable bonds is 4. The van der Waals surface area contributed by atoms with Crippen LogP contribution in [0.5, 0.6) is 0 Å². The van der Waals surface area contributed by atoms with E-state index in [4.69, 9.17) is 9.15 Å². The molecule has 4 aromatic rings. The first-order valence-corrected chi connectivity index (χ1v) is 11.7. The number of carbonyl (C=O) groups excluding carboxylic acids is 2. The van der Waals surface area contributed by atoms with Crippen LogP contribution in [0.25, 0.3) is 11.0 Å². The van der Waals surface area contributed by atoms with E-state index in [1.165, 1.54) is 12.0 Å². The Hall–Kier alpha value is -3.78. The summed E-state index contributed by atoms with van der Waals surface area (Å²) in [5.41, 5.74) is 3.66. The second kappa shape index (κ2) is 8.22. The number of thiazole rings is 1. The Morgan fingerprint density at radius 3 is 2.56 bits per heavy atom. The lowest BCUT2D eigenvalue weighted by Gasteiger charge is -2.22. The Morgan fingerprint density at radius 1 is 1.15 bits per heavy atom. The third kappa shape index (κ3) is 3.33. The molecule has 0 saturated carbocycles. The van der Waals surface area contributed by atoms with Gasteiger partial charge in [-0.15, -0.1) is 0 Å². The van der Waals surface area contributed by atoms with Crippen molar-refractivity contribution in [1.82, 2.24) is 4.98 Å². The van der Waals surface area contributed by atoms with Crippen LogP contribution in [0.2, 0.25) is 0 Å². The van der Waals surface area contributed by atoms with Crippen LogP contribution in [0.4, 0.5) is 5.13 Å². The highest BCUT2D eigenvalue weighted by Gasteiger charge is 2.45. The highest BCUT2D eigenvalue weighted by Crippen LogP contribution is 2.43. The van der Waals surface area contributed by atoms with Crippen molar-refractivity contribution in [2.24, 2.45) is 0 Å². The van der Waals surface area contributed by atoms with Crippen LogP contribution < -0.4 is 10.3 Å². The molecule has 1 unspecified atom stereocenters. The average Bonchev–Trinajstić information content (AvgIpc) is 3.36. The second-order valence-electron chi connectivity index (χ2n) is 8.25. The summed E-state index contributed by atoms with van der Waals surface area (Å²) in [5, 5.41) is 0.729. The smallest absolute Gasteiger partial charge is 0.350 e. The Bertz CT molecular complexity index is 1520. The molecule has 5 rings (SSSR count). The van der Waals surface area contributed by atoms with Crippen LogP contribution in [0.15, 0.2) is 51.7 Å². The number of anilines is 1. The van der Waals surface area contributed by atoms with Crippen molar-refractivity contribution in [3.8, 4) is 0 Å². The molecule has 8 heteroatoms. The molecule has 34 heavy (non-hydrogen) atoms. The zero-order chi connectivity index (χ0) is 24.1. The summed E-state index contributed by atoms with van der Waals surface area (Å²) in [7, 11) is 1.30. The van der Waals surface area contributed by atoms with Gasteiger partial charge >= 0.3 is 5.97 Å². The van der Waals surface area contributed by atoms with Gasteiger partial charge in [-0.25, -0.2) is 9.78 Å². The number of esters is 1. The van der Waals surface area contributed by atoms with Gasteiger partial charge in [0.15, 0.2) is 10.6 Å². The molecule has 2 aromatic heterocycles. The second-order valence-corrected chi connectivity index (χ2v) is 9.23. The molecular weight excluding hydrogens is 452 g/mol. The number of nitrogens with zero attached hydrogens (tertiary/aromatic N) is 2. The van der Waals surface area contributed by atoms with E-state index in [1.54, 1.807) is 19.1 Å². The third-order valence-electron chi connectivity index (χ3n) is 6.09. The first-order valence-electron chi connectivity index (χ1n) is 10.9. The standard InChI is InChI=1S/C26H22N2O5S/c1-5-15-7-9-16(10-8-15)20-19-21(29)17-12-13(2)6-11-18(17)33-22(19)24(30)28(20)26-27-14(3)23(34-26)25(31)32-4/h6-12,20H,5H2,1-4H3. The molecule has 1 atom stereocenters. The van der Waals surface area contributed by atoms with E-state index < -0.39 is 17.9 Å². The summed E-state index contributed by atoms with van der Waals surface area (Å²) < 4.78 is 10.9. The molecule has 0 N–H and O–H groups in total. The highest BCUT2D eigenvalue weighted by molar-refractivity contribution is 7.17. The minimum atomic E-state index is -0.731. The van der Waals surface area contributed by atoms with Crippen molar-refractivity contribution in [1.29, 1.82) is 0 Å². The van der Waals surface area contributed by atoms with Crippen molar-refractivity contribution < 1.29 is 18.7 Å². The van der Waals surface area contributed by atoms with Crippen molar-refractivity contribution in [2.75, 3.05) is 12.0 Å². The van der Waals surface area contributed by atoms with Crippen LogP contribution in [0.3, 0.4) is 0 Å². The molecule has 0 fully saturated rings. The van der Waals surface area contributed by atoms with E-state index in [0.717, 1.165) is 34.4 Å². The van der Waals surface area contributed by atoms with Gasteiger partial charge in [0, 0.05) is 0 Å². The molecule has 0 aliphatic carbocycles. The minimum absolute atomic E-state index is 0.00149. The number of methoxy groups -OCH3 is 1. The number of aromatic nitrogens is 1. The highest BCUT2D eigenvalue weighted by atomic mass is 32.1. The number of aryl methyl sites for hydroxylation is 3. The number of ether oxygens (including phenoxy) is 1. The summed E-state index contributed by atoms with van der Waals surface area (Å²) >= 11 is 1.06. The average molecular weight is 475 g/mol. The van der Waals surface area contributed by atoms with Crippen LogP contribution in [-0.4, -0.2) is 24.0 Å². The third-order valence-corrected chi connectivity index (χ3v) is 7.23. The monoisotopic (exact) mass is 474 g/mol. The molecule has 0 saturated heterocycles. The molecular formula is C26H22N2O5S. The quantitative estimate of drug-likeness (QED) is 0.388. The van der Waals surface area contributed by atoms with E-state index in [0.29, 0.717) is 26.7 Å². The lowest BCUT2D eigenvalue weighted by atomic mass is 9.97. The predicted molar refractivity (Wildman–Crippen MR) is 130 cm³/mol. The van der Waals surface area contributed by atoms with Crippen LogP contribution in [-0.2, 0) is 11.2 Å². The van der Waals surface area contributed by atoms with Gasteiger partial charge < -0.3 is 9.15 Å². The van der Waals surface area contributed by atoms with Gasteiger partial charge in [0.05, 0.1) is 29.8 Å². The number of carbonyl (C=O) groups is 2. The zero-order valence-electron chi connectivity index (χ0n) is 19.2. The van der Waals surface area contributed by atoms with Gasteiger partial charge in [-0.05, 0) is 43.5 Å². The van der Waals surface area contributed by atoms with E-state index in [1.807, 2.05) is 37.3 Å². The van der Waals surface area contributed by atoms with Crippen molar-refractivity contribution in [3.63, 3.8) is 0 Å². The first kappa shape index (κ1) is 22.0. The summed E-state index contributed by atoms with van der Waals surface area (Å²) in [5.74, 6) is -0.993. The maximum atomic E-state index is 13.7. The molecule has 2 aromatic carbocycles. The van der Waals surface area contributed by atoms with Gasteiger partial charge in [-0.3, -0.25) is 14.5 Å². The van der Waals surface area contributed by atoms with Crippen molar-refractivity contribution in [2.45, 2.75) is 33.2 Å². The van der Waals surface area contributed by atoms with Crippen LogP contribution in [0, 0.1) is 13.8 Å². The summed E-state index contributed by atoms with van der Waals surface area (Å²) in [6.45, 7) is 5.65. The van der Waals surface area contributed by atoms with E-state index in [9.17, 15) is 14.4 Å². The number of benzene rings is 2. The molecule has 0 radical (unpaired) electrons. The van der Waals surface area contributed by atoms with E-state index in [-0.39, 0.29) is 16.8 Å². The van der Waals surface area contributed by atoms with Gasteiger partial charge in [-0.1, -0.05) is 54.2 Å². The predicted octanol–water partition coefficient (Wildman–Crippen LogP) is 4.97. The molecule has 3 heterocycles. The number of hydrogen-bond donors (Lipinski definition) is 0. The molecule has 172 valence electrons. The number of amides is 1. The summed E-state index contributed by atoms with van der Waals surface area (Å²) in [6, 6.07) is 12.4. The minimum Gasteiger partial charge on any atom is -0.465 e. The van der Waals surface area contributed by atoms with Crippen LogP contribution >= 0.6 is 11.3 Å². The van der Waals surface area contributed by atoms with E-state index >= 15 is 0 Å². The summed E-state index contributed by atoms with van der Waals surface area (Å²) in [4.78, 5) is 45.8. The largest absolute Gasteiger partial charge is 0.465 e. The molecule has 7 nitrogen and oxygen atoms in total. The Morgan fingerprint density at radius 2 is 1.88 bits per heavy atom. The summed E-state index contributed by atoms with van der Waals surface area (Å²) in [6.07, 6.45) is 0.865. The van der Waals surface area contributed by atoms with Crippen molar-refractivity contribution >= 4 is 39.3 Å². The number of fused-ring (bicyclic) bond motifs is 2. The normalized spacial score (nSPS) is 15.1.